The third kappa shape index (κ3) is 8.65. The average Bonchev–Trinajstić information content (AvgIpc) is 2.86. The van der Waals surface area contributed by atoms with E-state index in [1.54, 1.807) is 0 Å². The van der Waals surface area contributed by atoms with Gasteiger partial charge in [-0.2, -0.15) is 0 Å². The summed E-state index contributed by atoms with van der Waals surface area (Å²) in [7, 11) is 0. The van der Waals surface area contributed by atoms with Crippen LogP contribution in [0.4, 0.5) is 0 Å². The number of benzene rings is 2. The normalized spacial score (nSPS) is 18.2. The second-order valence-electron chi connectivity index (χ2n) is 9.96. The summed E-state index contributed by atoms with van der Waals surface area (Å²) in [6.07, 6.45) is 18.7. The fraction of sp³-hybridized carbons (Fsp3) is 0.581. The van der Waals surface area contributed by atoms with Crippen LogP contribution < -0.4 is 4.74 Å². The van der Waals surface area contributed by atoms with Gasteiger partial charge in [-0.15, -0.1) is 0 Å². The Morgan fingerprint density at radius 2 is 1.27 bits per heavy atom. The van der Waals surface area contributed by atoms with Crippen LogP contribution in [0.15, 0.2) is 48.5 Å². The van der Waals surface area contributed by atoms with Gasteiger partial charge in [-0.25, -0.2) is 0 Å². The number of unbranched alkanes of at least 4 members (excludes halogenated alkanes) is 7. The second kappa shape index (κ2) is 14.2. The molecule has 1 fully saturated rings. The molecule has 1 aliphatic carbocycles. The molecule has 1 aliphatic rings. The summed E-state index contributed by atoms with van der Waals surface area (Å²) in [5, 5.41) is 0. The molecule has 0 atom stereocenters. The van der Waals surface area contributed by atoms with E-state index in [1.807, 2.05) is 31.2 Å². The molecule has 2 nitrogen and oxygen atoms in total. The summed E-state index contributed by atoms with van der Waals surface area (Å²) in [5.41, 5.74) is 3.88. The van der Waals surface area contributed by atoms with E-state index in [-0.39, 0.29) is 5.97 Å². The largest absolute Gasteiger partial charge is 0.427 e. The van der Waals surface area contributed by atoms with Crippen molar-refractivity contribution in [3.8, 4) is 16.9 Å². The van der Waals surface area contributed by atoms with E-state index in [4.69, 9.17) is 4.74 Å². The molecule has 2 aromatic rings. The van der Waals surface area contributed by atoms with Crippen molar-refractivity contribution >= 4 is 5.97 Å². The van der Waals surface area contributed by atoms with Crippen molar-refractivity contribution in [2.45, 2.75) is 110 Å². The predicted molar refractivity (Wildman–Crippen MR) is 140 cm³/mol. The maximum atomic E-state index is 11.4. The summed E-state index contributed by atoms with van der Waals surface area (Å²) < 4.78 is 5.28. The molecule has 0 N–H and O–H groups in total. The fourth-order valence-electron chi connectivity index (χ4n) is 5.22. The molecule has 0 heterocycles. The third-order valence-corrected chi connectivity index (χ3v) is 7.40. The van der Waals surface area contributed by atoms with Gasteiger partial charge in [0.1, 0.15) is 5.75 Å². The highest BCUT2D eigenvalue weighted by Crippen LogP contribution is 2.38. The first-order valence-corrected chi connectivity index (χ1v) is 13.6. The molecule has 0 aromatic heterocycles. The summed E-state index contributed by atoms with van der Waals surface area (Å²) in [6, 6.07) is 17.0. The highest BCUT2D eigenvalue weighted by atomic mass is 16.5. The molecule has 2 heteroatoms. The Balaban J connectivity index is 1.37. The number of hydrogen-bond donors (Lipinski definition) is 0. The van der Waals surface area contributed by atoms with Crippen molar-refractivity contribution in [2.75, 3.05) is 0 Å². The first-order valence-electron chi connectivity index (χ1n) is 13.6. The number of rotatable bonds is 13. The van der Waals surface area contributed by atoms with E-state index in [0.717, 1.165) is 17.4 Å². The lowest BCUT2D eigenvalue weighted by molar-refractivity contribution is -0.134. The Kier molecular flexibility index (Phi) is 11.0. The van der Waals surface area contributed by atoms with Gasteiger partial charge in [0.15, 0.2) is 0 Å². The molecular weight excluding hydrogens is 404 g/mol. The zero-order valence-electron chi connectivity index (χ0n) is 21.0. The molecule has 0 spiro atoms. The molecule has 0 saturated heterocycles. The SMILES string of the molecule is CCCCCCCCCCC1CCC(c2ccc(-c3ccc(OC(=O)CC)cc3)cc2)CC1. The van der Waals surface area contributed by atoms with E-state index in [9.17, 15) is 4.79 Å². The van der Waals surface area contributed by atoms with Gasteiger partial charge in [0.25, 0.3) is 0 Å². The van der Waals surface area contributed by atoms with Crippen LogP contribution in [0.1, 0.15) is 115 Å². The minimum atomic E-state index is -0.195. The Bertz CT molecular complexity index is 798. The average molecular weight is 449 g/mol. The van der Waals surface area contributed by atoms with Crippen molar-refractivity contribution in [1.29, 1.82) is 0 Å². The van der Waals surface area contributed by atoms with E-state index in [2.05, 4.69) is 31.2 Å². The van der Waals surface area contributed by atoms with Crippen LogP contribution in [0, 0.1) is 5.92 Å². The van der Waals surface area contributed by atoms with E-state index in [1.165, 1.54) is 94.6 Å². The number of ether oxygens (including phenoxy) is 1. The third-order valence-electron chi connectivity index (χ3n) is 7.40. The smallest absolute Gasteiger partial charge is 0.310 e. The molecule has 0 unspecified atom stereocenters. The van der Waals surface area contributed by atoms with Crippen molar-refractivity contribution in [2.24, 2.45) is 5.92 Å². The first kappa shape index (κ1) is 25.5. The minimum absolute atomic E-state index is 0.195. The van der Waals surface area contributed by atoms with Gasteiger partial charge >= 0.3 is 5.97 Å². The number of carbonyl (C=O) groups is 1. The zero-order valence-corrected chi connectivity index (χ0v) is 21.0. The highest BCUT2D eigenvalue weighted by molar-refractivity contribution is 5.72. The predicted octanol–water partition coefficient (Wildman–Crippen LogP) is 9.47. The van der Waals surface area contributed by atoms with Crippen molar-refractivity contribution < 1.29 is 9.53 Å². The molecule has 0 radical (unpaired) electrons. The van der Waals surface area contributed by atoms with Crippen LogP contribution in [-0.2, 0) is 4.79 Å². The Labute approximate surface area is 202 Å². The Morgan fingerprint density at radius 1 is 0.727 bits per heavy atom. The topological polar surface area (TPSA) is 26.3 Å². The Hall–Kier alpha value is -2.09. The molecule has 180 valence electrons. The van der Waals surface area contributed by atoms with Crippen LogP contribution in [0.25, 0.3) is 11.1 Å². The molecule has 33 heavy (non-hydrogen) atoms. The summed E-state index contributed by atoms with van der Waals surface area (Å²) in [6.45, 7) is 4.10. The first-order chi connectivity index (χ1) is 16.2. The summed E-state index contributed by atoms with van der Waals surface area (Å²) in [4.78, 5) is 11.4. The van der Waals surface area contributed by atoms with Crippen LogP contribution >= 0.6 is 0 Å². The van der Waals surface area contributed by atoms with Crippen LogP contribution in [-0.4, -0.2) is 5.97 Å². The quantitative estimate of drug-likeness (QED) is 0.173. The number of carbonyl (C=O) groups excluding carboxylic acids is 1. The Morgan fingerprint density at radius 3 is 1.85 bits per heavy atom. The molecule has 0 bridgehead atoms. The van der Waals surface area contributed by atoms with Gasteiger partial charge < -0.3 is 4.74 Å². The lowest BCUT2D eigenvalue weighted by atomic mass is 9.77. The van der Waals surface area contributed by atoms with Gasteiger partial charge in [0, 0.05) is 6.42 Å². The standard InChI is InChI=1S/C31H44O2/c1-3-5-6-7-8-9-10-11-12-25-13-15-26(16-14-25)27-17-19-28(20-18-27)29-21-23-30(24-22-29)33-31(32)4-2/h17-26H,3-16H2,1-2H3. The molecule has 3 rings (SSSR count). The van der Waals surface area contributed by atoms with E-state index >= 15 is 0 Å². The zero-order chi connectivity index (χ0) is 23.3. The van der Waals surface area contributed by atoms with Crippen molar-refractivity contribution in [3.05, 3.63) is 54.1 Å². The van der Waals surface area contributed by atoms with E-state index < -0.39 is 0 Å². The van der Waals surface area contributed by atoms with Crippen molar-refractivity contribution in [1.82, 2.24) is 0 Å². The molecule has 2 aromatic carbocycles. The maximum Gasteiger partial charge on any atom is 0.310 e. The summed E-state index contributed by atoms with van der Waals surface area (Å²) in [5.74, 6) is 2.11. The second-order valence-corrected chi connectivity index (χ2v) is 9.96. The highest BCUT2D eigenvalue weighted by Gasteiger charge is 2.22. The van der Waals surface area contributed by atoms with Crippen LogP contribution in [0.5, 0.6) is 5.75 Å². The lowest BCUT2D eigenvalue weighted by Crippen LogP contribution is -2.13. The number of hydrogen-bond acceptors (Lipinski definition) is 2. The lowest BCUT2D eigenvalue weighted by Gasteiger charge is -2.29. The van der Waals surface area contributed by atoms with Crippen LogP contribution in [0.3, 0.4) is 0 Å². The molecular formula is C31H44O2. The molecule has 0 aliphatic heterocycles. The van der Waals surface area contributed by atoms with Gasteiger partial charge in [-0.05, 0) is 66.3 Å². The van der Waals surface area contributed by atoms with Crippen LogP contribution in [0.2, 0.25) is 0 Å². The fourth-order valence-corrected chi connectivity index (χ4v) is 5.22. The number of esters is 1. The van der Waals surface area contributed by atoms with Crippen molar-refractivity contribution in [3.63, 3.8) is 0 Å². The molecule has 1 saturated carbocycles. The van der Waals surface area contributed by atoms with Gasteiger partial charge in [0.05, 0.1) is 0 Å². The molecule has 0 amide bonds. The monoisotopic (exact) mass is 448 g/mol. The van der Waals surface area contributed by atoms with Gasteiger partial charge in [-0.3, -0.25) is 4.79 Å². The summed E-state index contributed by atoms with van der Waals surface area (Å²) >= 11 is 0. The maximum absolute atomic E-state index is 11.4. The van der Waals surface area contributed by atoms with Gasteiger partial charge in [-0.1, -0.05) is 108 Å². The minimum Gasteiger partial charge on any atom is -0.427 e. The van der Waals surface area contributed by atoms with Gasteiger partial charge in [0.2, 0.25) is 0 Å². The van der Waals surface area contributed by atoms with E-state index in [0.29, 0.717) is 12.2 Å².